The van der Waals surface area contributed by atoms with E-state index in [-0.39, 0.29) is 0 Å². The van der Waals surface area contributed by atoms with Crippen LogP contribution in [0.5, 0.6) is 0 Å². The van der Waals surface area contributed by atoms with Gasteiger partial charge in [-0.05, 0) is 55.3 Å². The SMILES string of the molecule is CCNCc1ccc(N2CCC3CCCCC3C2)c(C)c1. The van der Waals surface area contributed by atoms with Crippen molar-refractivity contribution in [1.29, 1.82) is 0 Å². The molecule has 2 fully saturated rings. The number of rotatable bonds is 4. The van der Waals surface area contributed by atoms with Crippen LogP contribution in [0.2, 0.25) is 0 Å². The third-order valence-electron chi connectivity index (χ3n) is 5.47. The summed E-state index contributed by atoms with van der Waals surface area (Å²) in [6.45, 7) is 9.01. The molecule has 2 unspecified atom stereocenters. The number of fused-ring (bicyclic) bond motifs is 1. The number of piperidine rings is 1. The molecule has 1 saturated heterocycles. The first-order valence-corrected chi connectivity index (χ1v) is 8.83. The zero-order valence-corrected chi connectivity index (χ0v) is 13.7. The Balaban J connectivity index is 1.68. The van der Waals surface area contributed by atoms with Gasteiger partial charge in [0.15, 0.2) is 0 Å². The zero-order chi connectivity index (χ0) is 14.7. The summed E-state index contributed by atoms with van der Waals surface area (Å²) >= 11 is 0. The van der Waals surface area contributed by atoms with Crippen LogP contribution in [0.3, 0.4) is 0 Å². The van der Waals surface area contributed by atoms with Crippen LogP contribution in [0.15, 0.2) is 18.2 Å². The van der Waals surface area contributed by atoms with E-state index >= 15 is 0 Å². The smallest absolute Gasteiger partial charge is 0.0396 e. The summed E-state index contributed by atoms with van der Waals surface area (Å²) in [7, 11) is 0. The number of nitrogens with one attached hydrogen (secondary N) is 1. The first kappa shape index (κ1) is 14.9. The number of hydrogen-bond acceptors (Lipinski definition) is 2. The number of nitrogens with zero attached hydrogens (tertiary/aromatic N) is 1. The lowest BCUT2D eigenvalue weighted by atomic mass is 9.75. The molecule has 116 valence electrons. The minimum Gasteiger partial charge on any atom is -0.371 e. The molecule has 1 N–H and O–H groups in total. The Labute approximate surface area is 129 Å². The summed E-state index contributed by atoms with van der Waals surface area (Å²) in [5, 5.41) is 3.41. The fourth-order valence-corrected chi connectivity index (χ4v) is 4.27. The van der Waals surface area contributed by atoms with Crippen molar-refractivity contribution >= 4 is 5.69 Å². The van der Waals surface area contributed by atoms with Crippen molar-refractivity contribution in [1.82, 2.24) is 5.32 Å². The molecule has 2 heteroatoms. The molecular weight excluding hydrogens is 256 g/mol. The van der Waals surface area contributed by atoms with Crippen molar-refractivity contribution in [3.63, 3.8) is 0 Å². The molecule has 2 atom stereocenters. The highest BCUT2D eigenvalue weighted by Gasteiger charge is 2.31. The molecule has 1 aromatic carbocycles. The summed E-state index contributed by atoms with van der Waals surface area (Å²) in [4.78, 5) is 2.65. The number of hydrogen-bond donors (Lipinski definition) is 1. The summed E-state index contributed by atoms with van der Waals surface area (Å²) in [5.74, 6) is 1.97. The largest absolute Gasteiger partial charge is 0.371 e. The maximum Gasteiger partial charge on any atom is 0.0396 e. The van der Waals surface area contributed by atoms with Crippen molar-refractivity contribution in [3.05, 3.63) is 29.3 Å². The van der Waals surface area contributed by atoms with E-state index in [2.05, 4.69) is 42.3 Å². The highest BCUT2D eigenvalue weighted by Crippen LogP contribution is 2.38. The van der Waals surface area contributed by atoms with E-state index in [9.17, 15) is 0 Å². The fraction of sp³-hybridized carbons (Fsp3) is 0.684. The van der Waals surface area contributed by atoms with Crippen LogP contribution < -0.4 is 10.2 Å². The van der Waals surface area contributed by atoms with Crippen LogP contribution in [0.1, 0.15) is 50.2 Å². The van der Waals surface area contributed by atoms with Gasteiger partial charge in [0.25, 0.3) is 0 Å². The van der Waals surface area contributed by atoms with Gasteiger partial charge >= 0.3 is 0 Å². The summed E-state index contributed by atoms with van der Waals surface area (Å²) in [6, 6.07) is 7.02. The maximum absolute atomic E-state index is 3.41. The molecular formula is C19H30N2. The van der Waals surface area contributed by atoms with Gasteiger partial charge in [0.05, 0.1) is 0 Å². The fourth-order valence-electron chi connectivity index (χ4n) is 4.27. The van der Waals surface area contributed by atoms with E-state index < -0.39 is 0 Å². The number of aryl methyl sites for hydroxylation is 1. The topological polar surface area (TPSA) is 15.3 Å². The van der Waals surface area contributed by atoms with Crippen LogP contribution in [0.4, 0.5) is 5.69 Å². The Morgan fingerprint density at radius 3 is 2.71 bits per heavy atom. The van der Waals surface area contributed by atoms with Gasteiger partial charge in [-0.3, -0.25) is 0 Å². The van der Waals surface area contributed by atoms with Crippen molar-refractivity contribution in [2.75, 3.05) is 24.5 Å². The average Bonchev–Trinajstić information content (AvgIpc) is 2.52. The van der Waals surface area contributed by atoms with E-state index in [0.717, 1.165) is 24.9 Å². The van der Waals surface area contributed by atoms with E-state index in [1.54, 1.807) is 0 Å². The van der Waals surface area contributed by atoms with Gasteiger partial charge in [-0.1, -0.05) is 38.3 Å². The zero-order valence-electron chi connectivity index (χ0n) is 13.7. The highest BCUT2D eigenvalue weighted by atomic mass is 15.1. The third kappa shape index (κ3) is 3.42. The van der Waals surface area contributed by atoms with Gasteiger partial charge in [0.2, 0.25) is 0 Å². The highest BCUT2D eigenvalue weighted by molar-refractivity contribution is 5.55. The Morgan fingerprint density at radius 2 is 1.95 bits per heavy atom. The second-order valence-electron chi connectivity index (χ2n) is 6.94. The van der Waals surface area contributed by atoms with Crippen molar-refractivity contribution in [2.24, 2.45) is 11.8 Å². The van der Waals surface area contributed by atoms with E-state index in [1.807, 2.05) is 0 Å². The summed E-state index contributed by atoms with van der Waals surface area (Å²) < 4.78 is 0. The molecule has 0 aromatic heterocycles. The lowest BCUT2D eigenvalue weighted by Crippen LogP contribution is -2.42. The van der Waals surface area contributed by atoms with Crippen LogP contribution in [0.25, 0.3) is 0 Å². The standard InChI is InChI=1S/C19H30N2/c1-3-20-13-16-8-9-19(15(2)12-16)21-11-10-17-6-4-5-7-18(17)14-21/h8-9,12,17-18,20H,3-7,10-11,13-14H2,1-2H3. The van der Waals surface area contributed by atoms with Gasteiger partial charge in [-0.15, -0.1) is 0 Å². The Bertz CT molecular complexity index is 469. The van der Waals surface area contributed by atoms with Crippen LogP contribution >= 0.6 is 0 Å². The van der Waals surface area contributed by atoms with Crippen LogP contribution in [-0.4, -0.2) is 19.6 Å². The molecule has 3 rings (SSSR count). The molecule has 0 spiro atoms. The quantitative estimate of drug-likeness (QED) is 0.895. The molecule has 1 aliphatic heterocycles. The Morgan fingerprint density at radius 1 is 1.14 bits per heavy atom. The Kier molecular flexibility index (Phi) is 4.84. The van der Waals surface area contributed by atoms with E-state index in [0.29, 0.717) is 0 Å². The summed E-state index contributed by atoms with van der Waals surface area (Å²) in [5.41, 5.74) is 4.32. The molecule has 1 aromatic rings. The minimum atomic E-state index is 0.952. The predicted octanol–water partition coefficient (Wildman–Crippen LogP) is 4.12. The van der Waals surface area contributed by atoms with Crippen LogP contribution in [0, 0.1) is 18.8 Å². The van der Waals surface area contributed by atoms with Gasteiger partial charge in [-0.25, -0.2) is 0 Å². The van der Waals surface area contributed by atoms with E-state index in [4.69, 9.17) is 0 Å². The third-order valence-corrected chi connectivity index (χ3v) is 5.47. The van der Waals surface area contributed by atoms with Gasteiger partial charge in [0.1, 0.15) is 0 Å². The Hall–Kier alpha value is -1.02. The maximum atomic E-state index is 3.41. The monoisotopic (exact) mass is 286 g/mol. The average molecular weight is 286 g/mol. The minimum absolute atomic E-state index is 0.952. The first-order valence-electron chi connectivity index (χ1n) is 8.83. The lowest BCUT2D eigenvalue weighted by Gasteiger charge is -2.42. The van der Waals surface area contributed by atoms with Gasteiger partial charge in [0, 0.05) is 25.3 Å². The molecule has 0 amide bonds. The van der Waals surface area contributed by atoms with Crippen molar-refractivity contribution in [3.8, 4) is 0 Å². The number of anilines is 1. The number of benzene rings is 1. The first-order chi connectivity index (χ1) is 10.3. The second kappa shape index (κ2) is 6.83. The van der Waals surface area contributed by atoms with Gasteiger partial charge < -0.3 is 10.2 Å². The molecule has 21 heavy (non-hydrogen) atoms. The van der Waals surface area contributed by atoms with Gasteiger partial charge in [-0.2, -0.15) is 0 Å². The normalized spacial score (nSPS) is 25.7. The molecule has 0 radical (unpaired) electrons. The van der Waals surface area contributed by atoms with Crippen LogP contribution in [-0.2, 0) is 6.54 Å². The van der Waals surface area contributed by atoms with Crippen molar-refractivity contribution in [2.45, 2.75) is 52.5 Å². The summed E-state index contributed by atoms with van der Waals surface area (Å²) in [6.07, 6.45) is 7.27. The molecule has 0 bridgehead atoms. The van der Waals surface area contributed by atoms with Crippen molar-refractivity contribution < 1.29 is 0 Å². The molecule has 1 saturated carbocycles. The van der Waals surface area contributed by atoms with E-state index in [1.165, 1.54) is 62.0 Å². The molecule has 1 aliphatic carbocycles. The molecule has 2 aliphatic rings. The molecule has 1 heterocycles. The lowest BCUT2D eigenvalue weighted by molar-refractivity contribution is 0.202. The molecule has 2 nitrogen and oxygen atoms in total. The predicted molar refractivity (Wildman–Crippen MR) is 90.8 cm³/mol. The second-order valence-corrected chi connectivity index (χ2v) is 6.94.